The van der Waals surface area contributed by atoms with Gasteiger partial charge in [0.15, 0.2) is 0 Å². The average molecular weight is 343 g/mol. The van der Waals surface area contributed by atoms with Gasteiger partial charge >= 0.3 is 0 Å². The Labute approximate surface area is 142 Å². The minimum atomic E-state index is -0.117. The number of nitrogens with zero attached hydrogens (tertiary/aromatic N) is 2. The van der Waals surface area contributed by atoms with Gasteiger partial charge in [0, 0.05) is 30.8 Å². The number of rotatable bonds is 3. The molecule has 3 rings (SSSR count). The van der Waals surface area contributed by atoms with Crippen molar-refractivity contribution in [3.8, 4) is 0 Å². The Kier molecular flexibility index (Phi) is 6.00. The second kappa shape index (κ2) is 7.13. The van der Waals surface area contributed by atoms with Crippen LogP contribution in [-0.4, -0.2) is 21.7 Å². The highest BCUT2D eigenvalue weighted by atomic mass is 35.5. The Morgan fingerprint density at radius 2 is 2.09 bits per heavy atom. The fourth-order valence-electron chi connectivity index (χ4n) is 2.44. The fourth-order valence-corrected chi connectivity index (χ4v) is 2.44. The lowest BCUT2D eigenvalue weighted by atomic mass is 10.0. The van der Waals surface area contributed by atoms with Crippen LogP contribution < -0.4 is 11.1 Å². The average Bonchev–Trinajstić information content (AvgIpc) is 2.99. The van der Waals surface area contributed by atoms with Crippen LogP contribution in [0.5, 0.6) is 0 Å². The molecule has 1 aliphatic carbocycles. The van der Waals surface area contributed by atoms with Crippen LogP contribution in [0.15, 0.2) is 30.6 Å². The van der Waals surface area contributed by atoms with Crippen LogP contribution in [-0.2, 0) is 7.05 Å². The molecule has 0 bridgehead atoms. The molecule has 0 saturated heterocycles. The highest BCUT2D eigenvalue weighted by Gasteiger charge is 2.36. The summed E-state index contributed by atoms with van der Waals surface area (Å²) in [5.74, 6) is 0.287. The summed E-state index contributed by atoms with van der Waals surface area (Å²) in [5, 5.41) is 6.87. The van der Waals surface area contributed by atoms with E-state index < -0.39 is 0 Å². The maximum absolute atomic E-state index is 12.2. The second-order valence-corrected chi connectivity index (χ2v) is 5.43. The predicted octanol–water partition coefficient (Wildman–Crippen LogP) is 2.64. The summed E-state index contributed by atoms with van der Waals surface area (Å²) in [6, 6.07) is 6.03. The van der Waals surface area contributed by atoms with Gasteiger partial charge in [-0.1, -0.05) is 6.07 Å². The molecule has 3 N–H and O–H groups in total. The Morgan fingerprint density at radius 3 is 2.64 bits per heavy atom. The number of aromatic nitrogens is 2. The molecule has 2 aromatic rings. The number of aryl methyl sites for hydroxylation is 2. The van der Waals surface area contributed by atoms with Gasteiger partial charge in [0.25, 0.3) is 5.91 Å². The molecule has 1 aromatic heterocycles. The lowest BCUT2D eigenvalue weighted by Gasteiger charge is -2.08. The number of carbonyl (C=O) groups is 1. The van der Waals surface area contributed by atoms with E-state index in [1.165, 1.54) is 11.1 Å². The molecule has 1 aromatic carbocycles. The summed E-state index contributed by atoms with van der Waals surface area (Å²) >= 11 is 0. The molecule has 5 nitrogen and oxygen atoms in total. The van der Waals surface area contributed by atoms with E-state index in [0.29, 0.717) is 17.2 Å². The summed E-state index contributed by atoms with van der Waals surface area (Å²) in [4.78, 5) is 12.2. The normalized spacial score (nSPS) is 18.9. The molecule has 1 aliphatic rings. The summed E-state index contributed by atoms with van der Waals surface area (Å²) < 4.78 is 1.65. The van der Waals surface area contributed by atoms with Gasteiger partial charge in [0.2, 0.25) is 0 Å². The molecule has 1 amide bonds. The van der Waals surface area contributed by atoms with E-state index in [1.54, 1.807) is 17.1 Å². The Bertz CT molecular complexity index is 671. The monoisotopic (exact) mass is 342 g/mol. The van der Waals surface area contributed by atoms with Crippen molar-refractivity contribution in [2.24, 2.45) is 12.8 Å². The maximum atomic E-state index is 12.2. The van der Waals surface area contributed by atoms with Crippen LogP contribution in [0.3, 0.4) is 0 Å². The van der Waals surface area contributed by atoms with E-state index in [0.717, 1.165) is 6.42 Å². The summed E-state index contributed by atoms with van der Waals surface area (Å²) in [6.45, 7) is 2.06. The predicted molar refractivity (Wildman–Crippen MR) is 92.2 cm³/mol. The quantitative estimate of drug-likeness (QED) is 0.900. The van der Waals surface area contributed by atoms with E-state index in [1.807, 2.05) is 25.2 Å². The van der Waals surface area contributed by atoms with Gasteiger partial charge in [0.1, 0.15) is 0 Å². The number of anilines is 1. The summed E-state index contributed by atoms with van der Waals surface area (Å²) in [5.41, 5.74) is 9.65. The first-order valence-corrected chi connectivity index (χ1v) is 6.70. The Morgan fingerprint density at radius 1 is 1.41 bits per heavy atom. The number of halogens is 2. The van der Waals surface area contributed by atoms with Crippen LogP contribution in [0, 0.1) is 6.92 Å². The minimum Gasteiger partial charge on any atom is -0.327 e. The van der Waals surface area contributed by atoms with Crippen LogP contribution in [0.2, 0.25) is 0 Å². The summed E-state index contributed by atoms with van der Waals surface area (Å²) in [7, 11) is 1.81. The standard InChI is InChI=1S/C15H18N4O.2ClH/c1-9-3-4-10(5-12(9)13-6-14(13)16)15(20)18-11-7-17-19(2)8-11;;/h3-5,7-8,13-14H,6,16H2,1-2H3,(H,18,20);2*1H. The number of hydrogen-bond acceptors (Lipinski definition) is 3. The summed E-state index contributed by atoms with van der Waals surface area (Å²) in [6.07, 6.45) is 4.40. The molecule has 1 saturated carbocycles. The van der Waals surface area contributed by atoms with Crippen molar-refractivity contribution in [1.29, 1.82) is 0 Å². The van der Waals surface area contributed by atoms with E-state index >= 15 is 0 Å². The molecule has 2 unspecified atom stereocenters. The molecule has 7 heteroatoms. The van der Waals surface area contributed by atoms with E-state index in [2.05, 4.69) is 17.3 Å². The molecule has 0 spiro atoms. The fraction of sp³-hybridized carbons (Fsp3) is 0.333. The van der Waals surface area contributed by atoms with E-state index in [4.69, 9.17) is 5.73 Å². The molecular weight excluding hydrogens is 323 g/mol. The number of nitrogens with one attached hydrogen (secondary N) is 1. The zero-order valence-corrected chi connectivity index (χ0v) is 14.1. The minimum absolute atomic E-state index is 0. The van der Waals surface area contributed by atoms with Crippen molar-refractivity contribution >= 4 is 36.4 Å². The van der Waals surface area contributed by atoms with E-state index in [-0.39, 0.29) is 36.8 Å². The molecule has 120 valence electrons. The highest BCUT2D eigenvalue weighted by molar-refractivity contribution is 6.04. The van der Waals surface area contributed by atoms with Crippen molar-refractivity contribution in [2.75, 3.05) is 5.32 Å². The van der Waals surface area contributed by atoms with Gasteiger partial charge in [-0.3, -0.25) is 9.48 Å². The maximum Gasteiger partial charge on any atom is 0.255 e. The first-order valence-electron chi connectivity index (χ1n) is 6.70. The lowest BCUT2D eigenvalue weighted by molar-refractivity contribution is 0.102. The molecule has 22 heavy (non-hydrogen) atoms. The van der Waals surface area contributed by atoms with Gasteiger partial charge in [-0.2, -0.15) is 5.10 Å². The van der Waals surface area contributed by atoms with Crippen LogP contribution in [0.25, 0.3) is 0 Å². The first-order chi connectivity index (χ1) is 9.54. The zero-order valence-electron chi connectivity index (χ0n) is 12.4. The molecule has 0 radical (unpaired) electrons. The molecule has 1 heterocycles. The zero-order chi connectivity index (χ0) is 14.3. The molecule has 0 aliphatic heterocycles. The third kappa shape index (κ3) is 3.80. The van der Waals surface area contributed by atoms with Gasteiger partial charge in [-0.15, -0.1) is 24.8 Å². The van der Waals surface area contributed by atoms with Gasteiger partial charge in [0.05, 0.1) is 11.9 Å². The Hall–Kier alpha value is -1.56. The van der Waals surface area contributed by atoms with Gasteiger partial charge < -0.3 is 11.1 Å². The first kappa shape index (κ1) is 18.5. The van der Waals surface area contributed by atoms with Crippen molar-refractivity contribution in [2.45, 2.75) is 25.3 Å². The second-order valence-electron chi connectivity index (χ2n) is 5.43. The lowest BCUT2D eigenvalue weighted by Crippen LogP contribution is -2.12. The van der Waals surface area contributed by atoms with Crippen LogP contribution in [0.1, 0.15) is 33.8 Å². The third-order valence-corrected chi connectivity index (χ3v) is 3.74. The third-order valence-electron chi connectivity index (χ3n) is 3.74. The SMILES string of the molecule is Cc1ccc(C(=O)Nc2cnn(C)c2)cc1C1CC1N.Cl.Cl. The smallest absolute Gasteiger partial charge is 0.255 e. The van der Waals surface area contributed by atoms with Crippen molar-refractivity contribution in [3.63, 3.8) is 0 Å². The Balaban J connectivity index is 0.00000121. The van der Waals surface area contributed by atoms with Crippen LogP contribution >= 0.6 is 24.8 Å². The topological polar surface area (TPSA) is 72.9 Å². The number of benzene rings is 1. The number of nitrogens with two attached hydrogens (primary N) is 1. The number of carbonyl (C=O) groups excluding carboxylic acids is 1. The van der Waals surface area contributed by atoms with Crippen LogP contribution in [0.4, 0.5) is 5.69 Å². The highest BCUT2D eigenvalue weighted by Crippen LogP contribution is 2.40. The molecular formula is C15H20Cl2N4O. The van der Waals surface area contributed by atoms with E-state index in [9.17, 15) is 4.79 Å². The molecule has 2 atom stereocenters. The molecule has 1 fully saturated rings. The van der Waals surface area contributed by atoms with Gasteiger partial charge in [-0.05, 0) is 36.6 Å². The number of hydrogen-bond donors (Lipinski definition) is 2. The largest absolute Gasteiger partial charge is 0.327 e. The number of amides is 1. The van der Waals surface area contributed by atoms with Crippen molar-refractivity contribution < 1.29 is 4.79 Å². The van der Waals surface area contributed by atoms with Crippen molar-refractivity contribution in [1.82, 2.24) is 9.78 Å². The van der Waals surface area contributed by atoms with Gasteiger partial charge in [-0.25, -0.2) is 0 Å². The van der Waals surface area contributed by atoms with Crippen molar-refractivity contribution in [3.05, 3.63) is 47.3 Å².